The van der Waals surface area contributed by atoms with Crippen LogP contribution in [-0.4, -0.2) is 39.0 Å². The quantitative estimate of drug-likeness (QED) is 0.797. The van der Waals surface area contributed by atoms with Gasteiger partial charge in [-0.1, -0.05) is 30.3 Å². The summed E-state index contributed by atoms with van der Waals surface area (Å²) in [6.45, 7) is 1.23. The molecule has 1 heterocycles. The average Bonchev–Trinajstić information content (AvgIpc) is 2.68. The molecule has 1 aliphatic rings. The number of halogens is 3. The molecule has 5 nitrogen and oxygen atoms in total. The van der Waals surface area contributed by atoms with E-state index in [4.69, 9.17) is 0 Å². The maximum atomic E-state index is 12.6. The van der Waals surface area contributed by atoms with Gasteiger partial charge in [-0.15, -0.1) is 0 Å². The molecule has 0 saturated carbocycles. The summed E-state index contributed by atoms with van der Waals surface area (Å²) < 4.78 is 60.8. The maximum Gasteiger partial charge on any atom is 0.501 e. The number of piperidine rings is 1. The molecule has 1 N–H and O–H groups in total. The molecule has 9 heteroatoms. The lowest BCUT2D eigenvalue weighted by molar-refractivity contribution is -0.121. The van der Waals surface area contributed by atoms with Gasteiger partial charge in [-0.05, 0) is 42.7 Å². The Hall–Kier alpha value is -2.55. The van der Waals surface area contributed by atoms with Crippen LogP contribution in [0.1, 0.15) is 18.4 Å². The number of hydrogen-bond donors (Lipinski definition) is 1. The molecule has 3 rings (SSSR count). The van der Waals surface area contributed by atoms with E-state index in [0.29, 0.717) is 38.0 Å². The van der Waals surface area contributed by atoms with Crippen LogP contribution in [0.15, 0.2) is 59.5 Å². The highest BCUT2D eigenvalue weighted by Gasteiger charge is 2.46. The van der Waals surface area contributed by atoms with Crippen LogP contribution in [0.25, 0.3) is 0 Å². The Morgan fingerprint density at radius 3 is 2.14 bits per heavy atom. The van der Waals surface area contributed by atoms with Gasteiger partial charge in [-0.25, -0.2) is 8.42 Å². The van der Waals surface area contributed by atoms with Crippen molar-refractivity contribution in [3.05, 3.63) is 60.2 Å². The van der Waals surface area contributed by atoms with Crippen LogP contribution in [0.4, 0.5) is 18.9 Å². The van der Waals surface area contributed by atoms with E-state index >= 15 is 0 Å². The van der Waals surface area contributed by atoms with Crippen molar-refractivity contribution < 1.29 is 26.4 Å². The number of nitrogens with zero attached hydrogens (tertiary/aromatic N) is 1. The molecule has 1 fully saturated rings. The number of alkyl halides is 3. The third-order valence-corrected chi connectivity index (χ3v) is 6.39. The Morgan fingerprint density at radius 2 is 1.59 bits per heavy atom. The Balaban J connectivity index is 1.53. The summed E-state index contributed by atoms with van der Waals surface area (Å²) in [6, 6.07) is 14.2. The minimum atomic E-state index is -5.34. The zero-order chi connectivity index (χ0) is 21.1. The number of rotatable bonds is 5. The summed E-state index contributed by atoms with van der Waals surface area (Å²) in [4.78, 5) is 13.4. The van der Waals surface area contributed by atoms with Gasteiger partial charge in [0.2, 0.25) is 5.91 Å². The van der Waals surface area contributed by atoms with Crippen LogP contribution < -0.4 is 10.2 Å². The topological polar surface area (TPSA) is 66.5 Å². The number of sulfone groups is 1. The highest BCUT2D eigenvalue weighted by atomic mass is 32.2. The molecule has 0 bridgehead atoms. The zero-order valence-electron chi connectivity index (χ0n) is 15.5. The van der Waals surface area contributed by atoms with Crippen molar-refractivity contribution in [3.8, 4) is 0 Å². The van der Waals surface area contributed by atoms with Gasteiger partial charge in [-0.2, -0.15) is 13.2 Å². The lowest BCUT2D eigenvalue weighted by atomic mass is 10.0. The maximum absolute atomic E-state index is 12.6. The first-order valence-electron chi connectivity index (χ1n) is 9.16. The Labute approximate surface area is 167 Å². The van der Waals surface area contributed by atoms with Crippen molar-refractivity contribution in [3.63, 3.8) is 0 Å². The van der Waals surface area contributed by atoms with Crippen molar-refractivity contribution in [1.82, 2.24) is 5.32 Å². The Bertz CT molecular complexity index is 937. The van der Waals surface area contributed by atoms with Gasteiger partial charge < -0.3 is 10.2 Å². The molecular weight excluding hydrogens is 405 g/mol. The first kappa shape index (κ1) is 21.2. The zero-order valence-corrected chi connectivity index (χ0v) is 16.3. The lowest BCUT2D eigenvalue weighted by Gasteiger charge is -2.34. The first-order valence-corrected chi connectivity index (χ1v) is 10.6. The van der Waals surface area contributed by atoms with Crippen LogP contribution in [0.3, 0.4) is 0 Å². The molecule has 1 amide bonds. The molecule has 0 spiro atoms. The van der Waals surface area contributed by atoms with Crippen molar-refractivity contribution in [1.29, 1.82) is 0 Å². The van der Waals surface area contributed by atoms with Gasteiger partial charge in [-0.3, -0.25) is 4.79 Å². The molecule has 29 heavy (non-hydrogen) atoms. The van der Waals surface area contributed by atoms with E-state index in [2.05, 4.69) is 5.32 Å². The summed E-state index contributed by atoms with van der Waals surface area (Å²) in [5.74, 6) is -0.0450. The van der Waals surface area contributed by atoms with E-state index in [1.807, 2.05) is 35.2 Å². The molecule has 0 aromatic heterocycles. The molecule has 2 aromatic carbocycles. The normalized spacial score (nSPS) is 15.9. The SMILES string of the molecule is O=C(Cc1ccccc1)NC1CCN(c2ccc(S(=O)(=O)C(F)(F)F)cc2)CC1. The Morgan fingerprint density at radius 1 is 1.00 bits per heavy atom. The second kappa shape index (κ2) is 8.44. The van der Waals surface area contributed by atoms with Crippen LogP contribution in [-0.2, 0) is 21.1 Å². The lowest BCUT2D eigenvalue weighted by Crippen LogP contribution is -2.45. The van der Waals surface area contributed by atoms with Crippen molar-refractivity contribution in [2.75, 3.05) is 18.0 Å². The molecule has 0 unspecified atom stereocenters. The van der Waals surface area contributed by atoms with E-state index < -0.39 is 20.2 Å². The highest BCUT2D eigenvalue weighted by molar-refractivity contribution is 7.92. The predicted molar refractivity (Wildman–Crippen MR) is 103 cm³/mol. The minimum Gasteiger partial charge on any atom is -0.371 e. The molecule has 0 aliphatic carbocycles. The van der Waals surface area contributed by atoms with Gasteiger partial charge in [0, 0.05) is 24.8 Å². The van der Waals surface area contributed by atoms with Crippen LogP contribution in [0.2, 0.25) is 0 Å². The fraction of sp³-hybridized carbons (Fsp3) is 0.350. The molecular formula is C20H21F3N2O3S. The number of anilines is 1. The van der Waals surface area contributed by atoms with Gasteiger partial charge in [0.1, 0.15) is 0 Å². The third-order valence-electron chi connectivity index (χ3n) is 4.88. The molecule has 1 saturated heterocycles. The number of nitrogens with one attached hydrogen (secondary N) is 1. The summed E-state index contributed by atoms with van der Waals surface area (Å²) >= 11 is 0. The Kier molecular flexibility index (Phi) is 6.16. The fourth-order valence-electron chi connectivity index (χ4n) is 3.31. The van der Waals surface area contributed by atoms with E-state index in [1.54, 1.807) is 0 Å². The summed E-state index contributed by atoms with van der Waals surface area (Å²) in [5.41, 5.74) is -3.72. The third kappa shape index (κ3) is 5.09. The number of hydrogen-bond acceptors (Lipinski definition) is 4. The minimum absolute atomic E-state index is 0.0346. The predicted octanol–water partition coefficient (Wildman–Crippen LogP) is 3.31. The van der Waals surface area contributed by atoms with Crippen molar-refractivity contribution >= 4 is 21.4 Å². The van der Waals surface area contributed by atoms with E-state index in [9.17, 15) is 26.4 Å². The monoisotopic (exact) mass is 426 g/mol. The molecule has 0 radical (unpaired) electrons. The van der Waals surface area contributed by atoms with Crippen molar-refractivity contribution in [2.24, 2.45) is 0 Å². The van der Waals surface area contributed by atoms with E-state index in [-0.39, 0.29) is 11.9 Å². The standard InChI is InChI=1S/C20H21F3N2O3S/c21-20(22,23)29(27,28)18-8-6-17(7-9-18)25-12-10-16(11-13-25)24-19(26)14-15-4-2-1-3-5-15/h1-9,16H,10-14H2,(H,24,26). The molecule has 156 valence electrons. The molecule has 2 aromatic rings. The number of amides is 1. The second-order valence-corrected chi connectivity index (χ2v) is 8.88. The van der Waals surface area contributed by atoms with Gasteiger partial charge in [0.25, 0.3) is 9.84 Å². The van der Waals surface area contributed by atoms with Crippen LogP contribution in [0.5, 0.6) is 0 Å². The van der Waals surface area contributed by atoms with Gasteiger partial charge in [0.05, 0.1) is 11.3 Å². The summed E-state index contributed by atoms with van der Waals surface area (Å²) in [7, 11) is -5.34. The van der Waals surface area contributed by atoms with Crippen LogP contribution in [0, 0.1) is 0 Å². The highest BCUT2D eigenvalue weighted by Crippen LogP contribution is 2.31. The van der Waals surface area contributed by atoms with E-state index in [0.717, 1.165) is 17.7 Å². The average molecular weight is 426 g/mol. The van der Waals surface area contributed by atoms with Crippen molar-refractivity contribution in [2.45, 2.75) is 35.7 Å². The molecule has 0 atom stereocenters. The largest absolute Gasteiger partial charge is 0.501 e. The van der Waals surface area contributed by atoms with Gasteiger partial charge >= 0.3 is 5.51 Å². The van der Waals surface area contributed by atoms with Gasteiger partial charge in [0.15, 0.2) is 0 Å². The summed E-state index contributed by atoms with van der Waals surface area (Å²) in [6.07, 6.45) is 1.71. The second-order valence-electron chi connectivity index (χ2n) is 6.93. The number of carbonyl (C=O) groups is 1. The molecule has 1 aliphatic heterocycles. The van der Waals surface area contributed by atoms with E-state index in [1.165, 1.54) is 12.1 Å². The first-order chi connectivity index (χ1) is 13.7. The smallest absolute Gasteiger partial charge is 0.371 e. The fourth-order valence-corrected chi connectivity index (χ4v) is 4.07. The number of carbonyl (C=O) groups excluding carboxylic acids is 1. The summed E-state index contributed by atoms with van der Waals surface area (Å²) in [5, 5.41) is 3.02. The number of benzene rings is 2. The van der Waals surface area contributed by atoms with Crippen LogP contribution >= 0.6 is 0 Å².